The largest absolute Gasteiger partial charge is 0.520 e. The van der Waals surface area contributed by atoms with E-state index >= 15 is 0 Å². The van der Waals surface area contributed by atoms with Gasteiger partial charge in [0.1, 0.15) is 0 Å². The maximum absolute atomic E-state index is 10.6. The van der Waals surface area contributed by atoms with Crippen molar-refractivity contribution < 1.29 is 19.5 Å². The summed E-state index contributed by atoms with van der Waals surface area (Å²) >= 11 is 0. The van der Waals surface area contributed by atoms with Crippen LogP contribution in [0.25, 0.3) is 0 Å². The summed E-state index contributed by atoms with van der Waals surface area (Å²) in [4.78, 5) is 30.8. The molecule has 3 N–H and O–H groups in total. The first kappa shape index (κ1) is 13.8. The third kappa shape index (κ3) is 5.00. The van der Waals surface area contributed by atoms with Gasteiger partial charge in [-0.2, -0.15) is 6.41 Å². The van der Waals surface area contributed by atoms with Gasteiger partial charge in [-0.15, -0.1) is 0 Å². The normalized spacial score (nSPS) is 10.6. The van der Waals surface area contributed by atoms with Gasteiger partial charge in [0.05, 0.1) is 12.3 Å². The van der Waals surface area contributed by atoms with E-state index < -0.39 is 17.8 Å². The van der Waals surface area contributed by atoms with Crippen LogP contribution >= 0.6 is 0 Å². The third-order valence-corrected chi connectivity index (χ3v) is 1.37. The van der Waals surface area contributed by atoms with Crippen LogP contribution in [0.15, 0.2) is 0 Å². The van der Waals surface area contributed by atoms with Crippen molar-refractivity contribution in [2.75, 3.05) is 0 Å². The molecule has 0 aliphatic heterocycles. The van der Waals surface area contributed by atoms with Crippen molar-refractivity contribution in [2.45, 2.75) is 18.9 Å². The number of Topliss-reactive ketones (excluding diaryl/α,β-unsaturated/α-hetero) is 1. The van der Waals surface area contributed by atoms with E-state index in [-0.39, 0.29) is 12.8 Å². The number of hydrogen-bond acceptors (Lipinski definition) is 4. The van der Waals surface area contributed by atoms with Crippen LogP contribution in [0.2, 0.25) is 0 Å². The van der Waals surface area contributed by atoms with Crippen molar-refractivity contribution in [3.8, 4) is 0 Å². The molecule has 0 rings (SSSR count). The van der Waals surface area contributed by atoms with E-state index in [0.717, 1.165) is 0 Å². The van der Waals surface area contributed by atoms with Crippen LogP contribution in [0.1, 0.15) is 12.8 Å². The fourth-order valence-corrected chi connectivity index (χ4v) is 0.687. The Morgan fingerprint density at radius 1 is 1.57 bits per heavy atom. The number of amides is 1. The smallest absolute Gasteiger partial charge is 0.323 e. The van der Waals surface area contributed by atoms with Gasteiger partial charge in [0.15, 0.2) is 5.78 Å². The van der Waals surface area contributed by atoms with Crippen molar-refractivity contribution in [2.24, 2.45) is 0 Å². The Hall–Kier alpha value is -2.72. The number of aliphatic carboxylic acids is 1. The molecule has 6 nitrogen and oxygen atoms in total. The second-order valence-corrected chi connectivity index (χ2v) is 2.29. The quantitative estimate of drug-likeness (QED) is 0.270. The Labute approximate surface area is 74.4 Å². The van der Waals surface area contributed by atoms with Gasteiger partial charge in [-0.05, 0) is 6.42 Å². The van der Waals surface area contributed by atoms with Crippen LogP contribution in [-0.4, -0.2) is 35.5 Å². The SMILES string of the molecule is N=CC(=O)CCC(N[C-]=O)C(=O)O.[Fm]. The Balaban J connectivity index is 0. The average Bonchev–Trinajstić information content (AvgIpc) is 2.11. The first-order valence-corrected chi connectivity index (χ1v) is 3.50. The second-order valence-electron chi connectivity index (χ2n) is 2.29. The fraction of sp³-hybridized carbons (Fsp3) is 0.429. The minimum absolute atomic E-state index is 0. The van der Waals surface area contributed by atoms with Crippen molar-refractivity contribution in [1.29, 1.82) is 5.41 Å². The molecule has 0 fully saturated rings. The molecule has 14 heavy (non-hydrogen) atoms. The molecule has 84 valence electrons. The van der Waals surface area contributed by atoms with Crippen molar-refractivity contribution in [3.63, 3.8) is 0 Å². The molecule has 0 bridgehead atoms. The van der Waals surface area contributed by atoms with Gasteiger partial charge in [0.25, 0.3) is 0 Å². The Bertz CT molecular complexity index is 232. The maximum Gasteiger partial charge on any atom is 0.323 e. The van der Waals surface area contributed by atoms with Crippen LogP contribution in [-0.2, 0) is 14.4 Å². The first-order valence-electron chi connectivity index (χ1n) is 3.50. The van der Waals surface area contributed by atoms with E-state index in [0.29, 0.717) is 6.21 Å². The third-order valence-electron chi connectivity index (χ3n) is 1.37. The second kappa shape index (κ2) is 6.96. The number of carboxylic acid groups (broad SMARTS) is 1. The minimum Gasteiger partial charge on any atom is -0.520 e. The molecule has 1 amide bonds. The molecule has 7 heteroatoms. The van der Waals surface area contributed by atoms with E-state index in [1.165, 1.54) is 6.41 Å². The number of carbonyl (C=O) groups is 2. The number of rotatable bonds is 7. The maximum atomic E-state index is 10.6. The zero-order valence-electron chi connectivity index (χ0n) is 7.03. The molecule has 0 saturated heterocycles. The number of carboxylic acids is 1. The van der Waals surface area contributed by atoms with Crippen LogP contribution in [0, 0.1) is 5.41 Å². The number of nitrogens with one attached hydrogen (secondary N) is 2. The first-order chi connectivity index (χ1) is 6.11. The summed E-state index contributed by atoms with van der Waals surface area (Å²) < 4.78 is 0. The summed E-state index contributed by atoms with van der Waals surface area (Å²) in [5.74, 6) is -1.69. The van der Waals surface area contributed by atoms with Gasteiger partial charge >= 0.3 is 5.97 Å². The van der Waals surface area contributed by atoms with Crippen molar-refractivity contribution >= 4 is 24.4 Å². The summed E-state index contributed by atoms with van der Waals surface area (Å²) in [6, 6.07) is -1.11. The zero-order chi connectivity index (χ0) is 10.3. The number of carbonyl (C=O) groups excluding carboxylic acids is 2. The van der Waals surface area contributed by atoms with Crippen LogP contribution in [0.4, 0.5) is 0 Å². The fourth-order valence-electron chi connectivity index (χ4n) is 0.687. The molecule has 0 aromatic carbocycles. The van der Waals surface area contributed by atoms with E-state index in [2.05, 4.69) is 0 Å². The molecular formula is C7H9FmN2O4-. The van der Waals surface area contributed by atoms with Crippen LogP contribution < -0.4 is 5.32 Å². The Morgan fingerprint density at radius 3 is 2.50 bits per heavy atom. The summed E-state index contributed by atoms with van der Waals surface area (Å²) in [6.07, 6.45) is 1.75. The van der Waals surface area contributed by atoms with Gasteiger partial charge in [-0.1, -0.05) is 0 Å². The monoisotopic (exact) mass is 442 g/mol. The molecule has 0 aromatic rings. The molecule has 0 saturated carbocycles. The molecule has 0 spiro atoms. The van der Waals surface area contributed by atoms with Crippen molar-refractivity contribution in [3.05, 3.63) is 0 Å². The van der Waals surface area contributed by atoms with Gasteiger partial charge < -0.3 is 20.6 Å². The minimum atomic E-state index is -1.22. The molecule has 0 aliphatic carbocycles. The molecule has 1 atom stereocenters. The molecule has 1 unspecified atom stereocenters. The zero-order valence-corrected chi connectivity index (χ0v) is 9.43. The van der Waals surface area contributed by atoms with Gasteiger partial charge in [0.2, 0.25) is 0 Å². The summed E-state index contributed by atoms with van der Waals surface area (Å²) in [5, 5.41) is 17.0. The molecule has 0 radical (unpaired) electrons. The summed E-state index contributed by atoms with van der Waals surface area (Å²) in [6.45, 7) is 0. The van der Waals surface area contributed by atoms with E-state index in [9.17, 15) is 14.4 Å². The predicted molar refractivity (Wildman–Crippen MR) is 43.3 cm³/mol. The topological polar surface area (TPSA) is 107 Å². The van der Waals surface area contributed by atoms with Gasteiger partial charge in [-0.25, -0.2) is 0 Å². The molecular weight excluding hydrogens is 433 g/mol. The van der Waals surface area contributed by atoms with Gasteiger partial charge in [-0.3, -0.25) is 9.59 Å². The number of ketones is 1. The Morgan fingerprint density at radius 2 is 2.14 bits per heavy atom. The average molecular weight is 442 g/mol. The number of hydrogen-bond donors (Lipinski definition) is 3. The molecule has 0 heterocycles. The summed E-state index contributed by atoms with van der Waals surface area (Å²) in [5.41, 5.74) is 0. The van der Waals surface area contributed by atoms with Crippen LogP contribution in [0.3, 0.4) is 0 Å². The molecule has 0 aliphatic rings. The van der Waals surface area contributed by atoms with E-state index in [1.54, 1.807) is 0 Å². The Kier molecular flexibility index (Phi) is 6.88. The summed E-state index contributed by atoms with van der Waals surface area (Å²) in [7, 11) is 0. The van der Waals surface area contributed by atoms with Gasteiger partial charge in [0, 0.05) is 6.42 Å². The molecule has 0 aromatic heterocycles. The van der Waals surface area contributed by atoms with Crippen LogP contribution in [0.5, 0.6) is 0 Å². The standard InChI is InChI=1S/C7H9N2O4.Fm/c8-3-5(11)1-2-6(7(12)13)9-4-10;/h3,6,8H,1-2H2,(H,9,10)(H,12,13);/q-1;. The van der Waals surface area contributed by atoms with E-state index in [4.69, 9.17) is 10.5 Å². The van der Waals surface area contributed by atoms with Crippen molar-refractivity contribution in [1.82, 2.24) is 5.32 Å². The van der Waals surface area contributed by atoms with E-state index in [1.807, 2.05) is 5.32 Å². The predicted octanol–water partition coefficient (Wildman–Crippen LogP) is -0.905.